The topological polar surface area (TPSA) is 101 Å². The zero-order valence-corrected chi connectivity index (χ0v) is 15.1. The number of anilines is 1. The van der Waals surface area contributed by atoms with Gasteiger partial charge in [0.05, 0.1) is 4.92 Å². The van der Waals surface area contributed by atoms with Crippen molar-refractivity contribution < 1.29 is 9.66 Å². The molecule has 0 saturated heterocycles. The van der Waals surface area contributed by atoms with E-state index < -0.39 is 4.92 Å². The summed E-state index contributed by atoms with van der Waals surface area (Å²) in [6, 6.07) is 6.37. The van der Waals surface area contributed by atoms with Crippen molar-refractivity contribution >= 4 is 17.3 Å². The molecule has 3 N–H and O–H groups in total. The van der Waals surface area contributed by atoms with Gasteiger partial charge in [-0.05, 0) is 25.0 Å². The number of hydrogen-bond acceptors (Lipinski definition) is 5. The lowest BCUT2D eigenvalue weighted by molar-refractivity contribution is -0.384. The molecule has 0 heterocycles. The van der Waals surface area contributed by atoms with Crippen LogP contribution < -0.4 is 16.0 Å². The fourth-order valence-electron chi connectivity index (χ4n) is 2.04. The highest BCUT2D eigenvalue weighted by atomic mass is 16.6. The summed E-state index contributed by atoms with van der Waals surface area (Å²) in [5, 5.41) is 20.2. The van der Waals surface area contributed by atoms with Crippen LogP contribution in [0.15, 0.2) is 29.3 Å². The van der Waals surface area contributed by atoms with Crippen LogP contribution in [0, 0.1) is 10.1 Å². The lowest BCUT2D eigenvalue weighted by atomic mass is 10.3. The summed E-state index contributed by atoms with van der Waals surface area (Å²) < 4.78 is 5.51. The highest BCUT2D eigenvalue weighted by Gasteiger charge is 2.03. The molecule has 0 saturated carbocycles. The number of aliphatic imine (C=N–C) groups is 1. The third kappa shape index (κ3) is 9.51. The van der Waals surface area contributed by atoms with Crippen molar-refractivity contribution in [1.82, 2.24) is 10.6 Å². The first kappa shape index (κ1) is 20.7. The van der Waals surface area contributed by atoms with E-state index in [-0.39, 0.29) is 5.69 Å². The predicted octanol–water partition coefficient (Wildman–Crippen LogP) is 2.38. The quantitative estimate of drug-likeness (QED) is 0.176. The van der Waals surface area contributed by atoms with Gasteiger partial charge in [-0.3, -0.25) is 15.1 Å². The van der Waals surface area contributed by atoms with E-state index in [2.05, 4.69) is 27.9 Å². The minimum Gasteiger partial charge on any atom is -0.383 e. The number of unbranched alkanes of at least 4 members (excludes halogenated alkanes) is 1. The van der Waals surface area contributed by atoms with Gasteiger partial charge in [-0.2, -0.15) is 0 Å². The van der Waals surface area contributed by atoms with Crippen LogP contribution in [0.25, 0.3) is 0 Å². The number of guanidine groups is 1. The highest BCUT2D eigenvalue weighted by Crippen LogP contribution is 2.14. The SMILES string of the molecule is CCCCOCCCNC(=NC)NCCNc1ccc([N+](=O)[O-])cc1. The van der Waals surface area contributed by atoms with Gasteiger partial charge in [-0.15, -0.1) is 0 Å². The van der Waals surface area contributed by atoms with Gasteiger partial charge in [0, 0.05) is 57.7 Å². The Labute approximate surface area is 149 Å². The largest absolute Gasteiger partial charge is 0.383 e. The number of benzene rings is 1. The van der Waals surface area contributed by atoms with Crippen molar-refractivity contribution in [2.24, 2.45) is 4.99 Å². The molecule has 0 unspecified atom stereocenters. The first-order valence-corrected chi connectivity index (χ1v) is 8.68. The molecule has 0 bridgehead atoms. The third-order valence-corrected chi connectivity index (χ3v) is 3.45. The Bertz CT molecular complexity index is 520. The molecule has 0 aliphatic heterocycles. The first-order chi connectivity index (χ1) is 12.2. The molecular formula is C17H29N5O3. The maximum atomic E-state index is 10.6. The van der Waals surface area contributed by atoms with Gasteiger partial charge >= 0.3 is 0 Å². The molecule has 0 radical (unpaired) electrons. The molecule has 1 aromatic rings. The molecule has 0 atom stereocenters. The van der Waals surface area contributed by atoms with Crippen LogP contribution in [0.4, 0.5) is 11.4 Å². The van der Waals surface area contributed by atoms with Gasteiger partial charge in [0.1, 0.15) is 0 Å². The number of non-ortho nitro benzene ring substituents is 1. The predicted molar refractivity (Wildman–Crippen MR) is 101 cm³/mol. The maximum Gasteiger partial charge on any atom is 0.269 e. The van der Waals surface area contributed by atoms with E-state index in [1.807, 2.05) is 0 Å². The summed E-state index contributed by atoms with van der Waals surface area (Å²) in [6.45, 7) is 5.91. The second-order valence-corrected chi connectivity index (χ2v) is 5.48. The number of hydrogen-bond donors (Lipinski definition) is 3. The molecule has 0 aliphatic rings. The smallest absolute Gasteiger partial charge is 0.269 e. The fraction of sp³-hybridized carbons (Fsp3) is 0.588. The maximum absolute atomic E-state index is 10.6. The summed E-state index contributed by atoms with van der Waals surface area (Å²) in [6.07, 6.45) is 3.20. The Kier molecular flexibility index (Phi) is 10.8. The van der Waals surface area contributed by atoms with E-state index in [1.165, 1.54) is 12.1 Å². The summed E-state index contributed by atoms with van der Waals surface area (Å²) >= 11 is 0. The van der Waals surface area contributed by atoms with E-state index in [0.29, 0.717) is 13.1 Å². The van der Waals surface area contributed by atoms with E-state index in [0.717, 1.165) is 50.7 Å². The minimum atomic E-state index is -0.407. The molecule has 8 nitrogen and oxygen atoms in total. The van der Waals surface area contributed by atoms with Crippen molar-refractivity contribution in [3.63, 3.8) is 0 Å². The molecular weight excluding hydrogens is 322 g/mol. The van der Waals surface area contributed by atoms with Crippen molar-refractivity contribution in [3.8, 4) is 0 Å². The van der Waals surface area contributed by atoms with Crippen LogP contribution >= 0.6 is 0 Å². The normalized spacial score (nSPS) is 11.2. The molecule has 0 spiro atoms. The number of nitrogens with one attached hydrogen (secondary N) is 3. The fourth-order valence-corrected chi connectivity index (χ4v) is 2.04. The van der Waals surface area contributed by atoms with Gasteiger partial charge in [0.25, 0.3) is 5.69 Å². The lowest BCUT2D eigenvalue weighted by Crippen LogP contribution is -2.40. The molecule has 8 heteroatoms. The lowest BCUT2D eigenvalue weighted by Gasteiger charge is -2.12. The van der Waals surface area contributed by atoms with Crippen LogP contribution in [0.1, 0.15) is 26.2 Å². The molecule has 25 heavy (non-hydrogen) atoms. The Balaban J connectivity index is 2.11. The average molecular weight is 351 g/mol. The average Bonchev–Trinajstić information content (AvgIpc) is 2.63. The Hall–Kier alpha value is -2.35. The molecule has 0 aromatic heterocycles. The summed E-state index contributed by atoms with van der Waals surface area (Å²) in [5.41, 5.74) is 0.937. The van der Waals surface area contributed by atoms with E-state index >= 15 is 0 Å². The standard InChI is InChI=1S/C17H29N5O3/c1-3-4-13-25-14-5-10-20-17(18-2)21-12-11-19-15-6-8-16(9-7-15)22(23)24/h6-9,19H,3-5,10-14H2,1-2H3,(H2,18,20,21). The molecule has 1 rings (SSSR count). The number of nitrogens with zero attached hydrogens (tertiary/aromatic N) is 2. The van der Waals surface area contributed by atoms with Crippen molar-refractivity contribution in [1.29, 1.82) is 0 Å². The number of ether oxygens (including phenoxy) is 1. The van der Waals surface area contributed by atoms with Crippen molar-refractivity contribution in [2.45, 2.75) is 26.2 Å². The zero-order valence-electron chi connectivity index (χ0n) is 15.1. The van der Waals surface area contributed by atoms with Crippen LogP contribution in [-0.4, -0.2) is 50.8 Å². The monoisotopic (exact) mass is 351 g/mol. The van der Waals surface area contributed by atoms with Gasteiger partial charge in [-0.25, -0.2) is 0 Å². The van der Waals surface area contributed by atoms with E-state index in [4.69, 9.17) is 4.74 Å². The van der Waals surface area contributed by atoms with Crippen LogP contribution in [0.3, 0.4) is 0 Å². The second kappa shape index (κ2) is 13.0. The minimum absolute atomic E-state index is 0.0898. The molecule has 140 valence electrons. The van der Waals surface area contributed by atoms with Crippen LogP contribution in [0.2, 0.25) is 0 Å². The Morgan fingerprint density at radius 2 is 1.80 bits per heavy atom. The van der Waals surface area contributed by atoms with Crippen molar-refractivity contribution in [2.75, 3.05) is 45.2 Å². The highest BCUT2D eigenvalue weighted by molar-refractivity contribution is 5.79. The molecule has 0 amide bonds. The third-order valence-electron chi connectivity index (χ3n) is 3.45. The van der Waals surface area contributed by atoms with Gasteiger partial charge in [0.2, 0.25) is 0 Å². The van der Waals surface area contributed by atoms with Gasteiger partial charge in [-0.1, -0.05) is 13.3 Å². The first-order valence-electron chi connectivity index (χ1n) is 8.68. The second-order valence-electron chi connectivity index (χ2n) is 5.48. The molecule has 0 fully saturated rings. The number of nitro benzene ring substituents is 1. The van der Waals surface area contributed by atoms with Gasteiger partial charge in [0.15, 0.2) is 5.96 Å². The van der Waals surface area contributed by atoms with E-state index in [9.17, 15) is 10.1 Å². The van der Waals surface area contributed by atoms with Gasteiger partial charge < -0.3 is 20.7 Å². The molecule has 1 aromatic carbocycles. The zero-order chi connectivity index (χ0) is 18.3. The van der Waals surface area contributed by atoms with Crippen LogP contribution in [-0.2, 0) is 4.74 Å². The molecule has 0 aliphatic carbocycles. The van der Waals surface area contributed by atoms with Crippen LogP contribution in [0.5, 0.6) is 0 Å². The number of rotatable bonds is 12. The van der Waals surface area contributed by atoms with E-state index in [1.54, 1.807) is 19.2 Å². The summed E-state index contributed by atoms with van der Waals surface area (Å²) in [5.74, 6) is 0.749. The van der Waals surface area contributed by atoms with Crippen molar-refractivity contribution in [3.05, 3.63) is 34.4 Å². The Morgan fingerprint density at radius 3 is 2.44 bits per heavy atom. The Morgan fingerprint density at radius 1 is 1.12 bits per heavy atom. The summed E-state index contributed by atoms with van der Waals surface area (Å²) in [7, 11) is 1.73. The number of nitro groups is 1. The summed E-state index contributed by atoms with van der Waals surface area (Å²) in [4.78, 5) is 14.4.